The van der Waals surface area contributed by atoms with Crippen LogP contribution in [-0.2, 0) is 6.42 Å². The Balaban J connectivity index is 1.95. The lowest BCUT2D eigenvalue weighted by molar-refractivity contribution is -0.185. The Kier molecular flexibility index (Phi) is 5.44. The summed E-state index contributed by atoms with van der Waals surface area (Å²) in [4.78, 5) is 0. The van der Waals surface area contributed by atoms with Gasteiger partial charge in [0.05, 0.1) is 12.0 Å². The molecule has 2 rings (SSSR count). The van der Waals surface area contributed by atoms with Crippen molar-refractivity contribution in [2.75, 3.05) is 0 Å². The second-order valence-electron chi connectivity index (χ2n) is 5.63. The average molecular weight is 341 g/mol. The lowest BCUT2D eigenvalue weighted by atomic mass is 9.78. The number of benzene rings is 1. The largest absolute Gasteiger partial charge is 0.392 e. The van der Waals surface area contributed by atoms with Crippen molar-refractivity contribution >= 4 is 23.2 Å². The van der Waals surface area contributed by atoms with E-state index in [9.17, 15) is 18.3 Å². The molecular weight excluding hydrogens is 324 g/mol. The van der Waals surface area contributed by atoms with E-state index in [0.717, 1.165) is 0 Å². The molecule has 0 bridgehead atoms. The highest BCUT2D eigenvalue weighted by Gasteiger charge is 2.42. The van der Waals surface area contributed by atoms with Crippen LogP contribution < -0.4 is 0 Å². The van der Waals surface area contributed by atoms with E-state index >= 15 is 0 Å². The molecule has 21 heavy (non-hydrogen) atoms. The summed E-state index contributed by atoms with van der Waals surface area (Å²) in [5, 5.41) is 11.2. The van der Waals surface area contributed by atoms with Crippen LogP contribution in [-0.4, -0.2) is 17.4 Å². The van der Waals surface area contributed by atoms with E-state index in [-0.39, 0.29) is 25.2 Å². The highest BCUT2D eigenvalue weighted by Crippen LogP contribution is 2.41. The van der Waals surface area contributed by atoms with Crippen molar-refractivity contribution in [3.63, 3.8) is 0 Å². The summed E-state index contributed by atoms with van der Waals surface area (Å²) < 4.78 is 37.9. The van der Waals surface area contributed by atoms with Gasteiger partial charge in [0, 0.05) is 16.5 Å². The normalized spacial score (nSPS) is 24.9. The fourth-order valence-electron chi connectivity index (χ4n) is 2.93. The van der Waals surface area contributed by atoms with Gasteiger partial charge in [-0.05, 0) is 49.3 Å². The van der Waals surface area contributed by atoms with Gasteiger partial charge in [0.15, 0.2) is 0 Å². The third-order valence-corrected chi connectivity index (χ3v) is 4.96. The lowest BCUT2D eigenvalue weighted by Crippen LogP contribution is -2.32. The smallest absolute Gasteiger partial charge is 0.391 e. The number of aliphatic hydroxyl groups is 1. The van der Waals surface area contributed by atoms with E-state index in [1.165, 1.54) is 0 Å². The number of hydrogen-bond acceptors (Lipinski definition) is 1. The Morgan fingerprint density at radius 2 is 1.62 bits per heavy atom. The highest BCUT2D eigenvalue weighted by molar-refractivity contribution is 6.35. The molecule has 0 saturated heterocycles. The summed E-state index contributed by atoms with van der Waals surface area (Å²) in [7, 11) is 0. The molecule has 6 heteroatoms. The zero-order valence-electron chi connectivity index (χ0n) is 11.3. The topological polar surface area (TPSA) is 20.2 Å². The first-order valence-corrected chi connectivity index (χ1v) is 7.72. The molecule has 0 spiro atoms. The number of hydrogen-bond donors (Lipinski definition) is 1. The first-order chi connectivity index (χ1) is 9.79. The fourth-order valence-corrected chi connectivity index (χ4v) is 3.49. The molecule has 0 radical (unpaired) electrons. The van der Waals surface area contributed by atoms with Gasteiger partial charge >= 0.3 is 6.18 Å². The molecule has 1 aliphatic rings. The molecule has 0 aromatic heterocycles. The van der Waals surface area contributed by atoms with Gasteiger partial charge in [-0.3, -0.25) is 0 Å². The molecule has 0 amide bonds. The molecule has 1 atom stereocenters. The van der Waals surface area contributed by atoms with Gasteiger partial charge in [-0.1, -0.05) is 29.3 Å². The van der Waals surface area contributed by atoms with Crippen LogP contribution in [0, 0.1) is 11.8 Å². The minimum atomic E-state index is -4.12. The first kappa shape index (κ1) is 16.9. The van der Waals surface area contributed by atoms with Crippen molar-refractivity contribution in [3.8, 4) is 0 Å². The third kappa shape index (κ3) is 4.27. The number of alkyl halides is 3. The molecule has 1 aromatic carbocycles. The van der Waals surface area contributed by atoms with Crippen molar-refractivity contribution in [1.29, 1.82) is 0 Å². The van der Waals surface area contributed by atoms with Crippen molar-refractivity contribution in [3.05, 3.63) is 33.8 Å². The van der Waals surface area contributed by atoms with Crippen LogP contribution in [0.1, 0.15) is 31.2 Å². The number of aliphatic hydroxyl groups excluding tert-OH is 1. The van der Waals surface area contributed by atoms with Crippen LogP contribution in [0.5, 0.6) is 0 Å². The summed E-state index contributed by atoms with van der Waals surface area (Å²) in [6, 6.07) is 5.10. The second-order valence-corrected chi connectivity index (χ2v) is 6.44. The molecule has 0 heterocycles. The summed E-state index contributed by atoms with van der Waals surface area (Å²) >= 11 is 12.1. The maximum absolute atomic E-state index is 12.6. The van der Waals surface area contributed by atoms with Gasteiger partial charge in [0.1, 0.15) is 0 Å². The average Bonchev–Trinajstić information content (AvgIpc) is 2.42. The monoisotopic (exact) mass is 340 g/mol. The molecule has 1 nitrogen and oxygen atoms in total. The van der Waals surface area contributed by atoms with Crippen LogP contribution in [0.25, 0.3) is 0 Å². The Hall–Kier alpha value is -0.450. The molecule has 1 unspecified atom stereocenters. The maximum atomic E-state index is 12.6. The van der Waals surface area contributed by atoms with Crippen LogP contribution in [0.15, 0.2) is 18.2 Å². The van der Waals surface area contributed by atoms with Crippen LogP contribution in [0.3, 0.4) is 0 Å². The van der Waals surface area contributed by atoms with E-state index in [1.807, 2.05) is 0 Å². The van der Waals surface area contributed by atoms with Crippen molar-refractivity contribution in [2.45, 2.75) is 44.4 Å². The van der Waals surface area contributed by atoms with E-state index in [4.69, 9.17) is 23.2 Å². The Morgan fingerprint density at radius 3 is 2.10 bits per heavy atom. The van der Waals surface area contributed by atoms with Gasteiger partial charge < -0.3 is 5.11 Å². The van der Waals surface area contributed by atoms with Crippen LogP contribution in [0.2, 0.25) is 10.0 Å². The van der Waals surface area contributed by atoms with E-state index in [0.29, 0.717) is 28.5 Å². The Morgan fingerprint density at radius 1 is 1.10 bits per heavy atom. The van der Waals surface area contributed by atoms with Crippen molar-refractivity contribution in [1.82, 2.24) is 0 Å². The van der Waals surface area contributed by atoms with Gasteiger partial charge in [0.2, 0.25) is 0 Å². The lowest BCUT2D eigenvalue weighted by Gasteiger charge is -2.32. The minimum absolute atomic E-state index is 0.0848. The van der Waals surface area contributed by atoms with Gasteiger partial charge in [0.25, 0.3) is 0 Å². The number of rotatable bonds is 3. The van der Waals surface area contributed by atoms with Crippen LogP contribution >= 0.6 is 23.2 Å². The molecule has 1 fully saturated rings. The zero-order valence-corrected chi connectivity index (χ0v) is 12.8. The predicted molar refractivity (Wildman–Crippen MR) is 77.7 cm³/mol. The van der Waals surface area contributed by atoms with E-state index in [1.54, 1.807) is 18.2 Å². The predicted octanol–water partition coefficient (Wildman–Crippen LogP) is 5.27. The van der Waals surface area contributed by atoms with Gasteiger partial charge in [-0.25, -0.2) is 0 Å². The minimum Gasteiger partial charge on any atom is -0.392 e. The molecule has 1 aliphatic carbocycles. The summed E-state index contributed by atoms with van der Waals surface area (Å²) in [6.45, 7) is 0. The number of halogens is 5. The van der Waals surface area contributed by atoms with Gasteiger partial charge in [-0.2, -0.15) is 13.2 Å². The molecular formula is C15H17Cl2F3O. The van der Waals surface area contributed by atoms with E-state index < -0.39 is 18.2 Å². The molecule has 118 valence electrons. The molecule has 1 saturated carbocycles. The zero-order chi connectivity index (χ0) is 15.6. The quantitative estimate of drug-likeness (QED) is 0.795. The summed E-state index contributed by atoms with van der Waals surface area (Å²) in [5.74, 6) is -1.36. The molecule has 1 aromatic rings. The SMILES string of the molecule is OC(Cc1c(Cl)cccc1Cl)C1CCC(C(F)(F)F)CC1. The molecule has 1 N–H and O–H groups in total. The highest BCUT2D eigenvalue weighted by atomic mass is 35.5. The van der Waals surface area contributed by atoms with Crippen molar-refractivity contribution < 1.29 is 18.3 Å². The molecule has 0 aliphatic heterocycles. The second kappa shape index (κ2) is 6.76. The standard InChI is InChI=1S/C15H17Cl2F3O/c16-12-2-1-3-13(17)11(12)8-14(21)9-4-6-10(7-5-9)15(18,19)20/h1-3,9-10,14,21H,4-8H2. The van der Waals surface area contributed by atoms with Crippen molar-refractivity contribution in [2.24, 2.45) is 11.8 Å². The van der Waals surface area contributed by atoms with Gasteiger partial charge in [-0.15, -0.1) is 0 Å². The Bertz CT molecular complexity index is 462. The van der Waals surface area contributed by atoms with Crippen LogP contribution in [0.4, 0.5) is 13.2 Å². The first-order valence-electron chi connectivity index (χ1n) is 6.96. The summed E-state index contributed by atoms with van der Waals surface area (Å²) in [6.07, 6.45) is -3.62. The maximum Gasteiger partial charge on any atom is 0.391 e. The fraction of sp³-hybridized carbons (Fsp3) is 0.600. The van der Waals surface area contributed by atoms with E-state index in [2.05, 4.69) is 0 Å². The summed E-state index contributed by atoms with van der Waals surface area (Å²) in [5.41, 5.74) is 0.659. The third-order valence-electron chi connectivity index (χ3n) is 4.25. The Labute approximate surface area is 132 Å².